The summed E-state index contributed by atoms with van der Waals surface area (Å²) in [4.78, 5) is 0. The van der Waals surface area contributed by atoms with Crippen molar-refractivity contribution in [3.05, 3.63) is 70.2 Å². The Kier molecular flexibility index (Phi) is 5.81. The standard InChI is InChI=1S/C16H13Br2ClF2/c17-9-16(10-18,12-2-4-13(19)5-3-12)8-11-1-6-14(20)7-15(11)21/h1-7H,8-10H2. The molecule has 0 spiro atoms. The second-order valence-corrected chi connectivity index (χ2v) is 6.52. The van der Waals surface area contributed by atoms with Gasteiger partial charge in [-0.05, 0) is 35.7 Å². The van der Waals surface area contributed by atoms with E-state index in [-0.39, 0.29) is 5.41 Å². The number of benzene rings is 2. The van der Waals surface area contributed by atoms with Crippen LogP contribution in [0, 0.1) is 11.6 Å². The molecule has 0 fully saturated rings. The molecule has 2 aromatic rings. The third-order valence-corrected chi connectivity index (χ3v) is 5.91. The number of halogens is 5. The Morgan fingerprint density at radius 2 is 1.57 bits per heavy atom. The molecule has 0 aromatic heterocycles. The zero-order valence-electron chi connectivity index (χ0n) is 11.1. The van der Waals surface area contributed by atoms with Crippen LogP contribution in [0.25, 0.3) is 0 Å². The van der Waals surface area contributed by atoms with Gasteiger partial charge in [-0.1, -0.05) is 61.7 Å². The van der Waals surface area contributed by atoms with Gasteiger partial charge < -0.3 is 0 Å². The molecular formula is C16H13Br2ClF2. The summed E-state index contributed by atoms with van der Waals surface area (Å²) in [5.41, 5.74) is 1.21. The summed E-state index contributed by atoms with van der Waals surface area (Å²) >= 11 is 13.0. The first-order valence-electron chi connectivity index (χ1n) is 6.33. The van der Waals surface area contributed by atoms with Gasteiger partial charge in [-0.3, -0.25) is 0 Å². The van der Waals surface area contributed by atoms with Gasteiger partial charge in [0.2, 0.25) is 0 Å². The van der Waals surface area contributed by atoms with Gasteiger partial charge in [-0.15, -0.1) is 0 Å². The minimum atomic E-state index is -0.564. The number of hydrogen-bond donors (Lipinski definition) is 0. The first-order valence-corrected chi connectivity index (χ1v) is 8.95. The van der Waals surface area contributed by atoms with E-state index in [0.717, 1.165) is 11.6 Å². The molecule has 2 rings (SSSR count). The van der Waals surface area contributed by atoms with Crippen LogP contribution in [0.15, 0.2) is 42.5 Å². The van der Waals surface area contributed by atoms with E-state index in [2.05, 4.69) is 31.9 Å². The second-order valence-electron chi connectivity index (χ2n) is 4.97. The minimum absolute atomic E-state index is 0.330. The van der Waals surface area contributed by atoms with E-state index in [1.54, 1.807) is 0 Å². The lowest BCUT2D eigenvalue weighted by molar-refractivity contribution is 0.515. The molecule has 2 aromatic carbocycles. The van der Waals surface area contributed by atoms with Gasteiger partial charge >= 0.3 is 0 Å². The van der Waals surface area contributed by atoms with E-state index in [1.165, 1.54) is 12.1 Å². The second kappa shape index (κ2) is 7.21. The van der Waals surface area contributed by atoms with Crippen LogP contribution in [0.5, 0.6) is 0 Å². The largest absolute Gasteiger partial charge is 0.207 e. The fourth-order valence-electron chi connectivity index (χ4n) is 2.22. The van der Waals surface area contributed by atoms with Crippen molar-refractivity contribution < 1.29 is 8.78 Å². The van der Waals surface area contributed by atoms with E-state index < -0.39 is 11.6 Å². The molecule has 0 heterocycles. The van der Waals surface area contributed by atoms with Crippen molar-refractivity contribution in [3.63, 3.8) is 0 Å². The zero-order chi connectivity index (χ0) is 15.5. The van der Waals surface area contributed by atoms with E-state index in [1.807, 2.05) is 24.3 Å². The SMILES string of the molecule is Fc1ccc(CC(CBr)(CBr)c2ccc(Cl)cc2)c(F)c1. The molecule has 0 aliphatic rings. The molecule has 0 radical (unpaired) electrons. The van der Waals surface area contributed by atoms with Crippen molar-refractivity contribution >= 4 is 43.5 Å². The Morgan fingerprint density at radius 3 is 2.10 bits per heavy atom. The molecule has 112 valence electrons. The highest BCUT2D eigenvalue weighted by Gasteiger charge is 2.31. The Balaban J connectivity index is 2.40. The van der Waals surface area contributed by atoms with Gasteiger partial charge in [-0.25, -0.2) is 8.78 Å². The normalized spacial score (nSPS) is 11.7. The molecule has 0 aliphatic carbocycles. The van der Waals surface area contributed by atoms with Crippen LogP contribution in [-0.2, 0) is 11.8 Å². The summed E-state index contributed by atoms with van der Waals surface area (Å²) in [7, 11) is 0. The predicted octanol–water partition coefficient (Wildman–Crippen LogP) is 5.89. The first-order chi connectivity index (χ1) is 10.0. The van der Waals surface area contributed by atoms with Crippen LogP contribution < -0.4 is 0 Å². The Morgan fingerprint density at radius 1 is 0.952 bits per heavy atom. The van der Waals surface area contributed by atoms with E-state index in [4.69, 9.17) is 11.6 Å². The molecule has 0 saturated carbocycles. The summed E-state index contributed by atoms with van der Waals surface area (Å²) < 4.78 is 27.0. The van der Waals surface area contributed by atoms with Gasteiger partial charge in [0.25, 0.3) is 0 Å². The Bertz CT molecular complexity index is 610. The average Bonchev–Trinajstić information content (AvgIpc) is 2.48. The molecular weight excluding hydrogens is 425 g/mol. The molecule has 0 amide bonds. The molecule has 0 bridgehead atoms. The van der Waals surface area contributed by atoms with Crippen molar-refractivity contribution in [2.24, 2.45) is 0 Å². The predicted molar refractivity (Wildman–Crippen MR) is 90.8 cm³/mol. The van der Waals surface area contributed by atoms with Crippen LogP contribution in [0.1, 0.15) is 11.1 Å². The molecule has 0 aliphatic heterocycles. The molecule has 21 heavy (non-hydrogen) atoms. The highest BCUT2D eigenvalue weighted by molar-refractivity contribution is 9.09. The van der Waals surface area contributed by atoms with Gasteiger partial charge in [0.1, 0.15) is 11.6 Å². The summed E-state index contributed by atoms with van der Waals surface area (Å²) in [5.74, 6) is -1.08. The van der Waals surface area contributed by atoms with Gasteiger partial charge in [0.05, 0.1) is 0 Å². The molecule has 0 saturated heterocycles. The maximum atomic E-state index is 13.9. The quantitative estimate of drug-likeness (QED) is 0.511. The van der Waals surface area contributed by atoms with Crippen LogP contribution in [0.2, 0.25) is 5.02 Å². The third kappa shape index (κ3) is 3.85. The maximum absolute atomic E-state index is 13.9. The molecule has 0 unspecified atom stereocenters. The lowest BCUT2D eigenvalue weighted by atomic mass is 9.79. The Hall–Kier alpha value is -0.450. The number of hydrogen-bond acceptors (Lipinski definition) is 0. The minimum Gasteiger partial charge on any atom is -0.207 e. The van der Waals surface area contributed by atoms with Crippen LogP contribution in [-0.4, -0.2) is 10.7 Å². The summed E-state index contributed by atoms with van der Waals surface area (Å²) in [6.07, 6.45) is 0.456. The molecule has 5 heteroatoms. The van der Waals surface area contributed by atoms with Crippen LogP contribution >= 0.6 is 43.5 Å². The Labute approximate surface area is 144 Å². The van der Waals surface area contributed by atoms with E-state index in [9.17, 15) is 8.78 Å². The van der Waals surface area contributed by atoms with Crippen molar-refractivity contribution in [2.75, 3.05) is 10.7 Å². The smallest absolute Gasteiger partial charge is 0.129 e. The van der Waals surface area contributed by atoms with Crippen LogP contribution in [0.3, 0.4) is 0 Å². The number of alkyl halides is 2. The topological polar surface area (TPSA) is 0 Å². The summed E-state index contributed by atoms with van der Waals surface area (Å²) in [6.45, 7) is 0. The maximum Gasteiger partial charge on any atom is 0.129 e. The van der Waals surface area contributed by atoms with Crippen molar-refractivity contribution in [1.82, 2.24) is 0 Å². The van der Waals surface area contributed by atoms with Crippen molar-refractivity contribution in [3.8, 4) is 0 Å². The molecule has 0 nitrogen and oxygen atoms in total. The summed E-state index contributed by atoms with van der Waals surface area (Å²) in [5, 5.41) is 1.94. The fourth-order valence-corrected chi connectivity index (χ4v) is 4.32. The highest BCUT2D eigenvalue weighted by atomic mass is 79.9. The van der Waals surface area contributed by atoms with Crippen molar-refractivity contribution in [1.29, 1.82) is 0 Å². The van der Waals surface area contributed by atoms with E-state index >= 15 is 0 Å². The van der Waals surface area contributed by atoms with Crippen molar-refractivity contribution in [2.45, 2.75) is 11.8 Å². The molecule has 0 N–H and O–H groups in total. The third-order valence-electron chi connectivity index (χ3n) is 3.51. The van der Waals surface area contributed by atoms with Gasteiger partial charge in [0, 0.05) is 27.2 Å². The van der Waals surface area contributed by atoms with Gasteiger partial charge in [-0.2, -0.15) is 0 Å². The number of rotatable bonds is 5. The first kappa shape index (κ1) is 16.9. The fraction of sp³-hybridized carbons (Fsp3) is 0.250. The van der Waals surface area contributed by atoms with Gasteiger partial charge in [0.15, 0.2) is 0 Å². The van der Waals surface area contributed by atoms with Crippen LogP contribution in [0.4, 0.5) is 8.78 Å². The van der Waals surface area contributed by atoms with E-state index in [0.29, 0.717) is 27.7 Å². The average molecular weight is 439 g/mol. The molecule has 0 atom stereocenters. The summed E-state index contributed by atoms with van der Waals surface area (Å²) in [6, 6.07) is 11.2. The zero-order valence-corrected chi connectivity index (χ0v) is 15.0. The lowest BCUT2D eigenvalue weighted by Crippen LogP contribution is -2.33. The lowest BCUT2D eigenvalue weighted by Gasteiger charge is -2.31. The monoisotopic (exact) mass is 436 g/mol. The highest BCUT2D eigenvalue weighted by Crippen LogP contribution is 2.34.